The van der Waals surface area contributed by atoms with Gasteiger partial charge in [0.25, 0.3) is 0 Å². The second-order valence-corrected chi connectivity index (χ2v) is 5.13. The van der Waals surface area contributed by atoms with Gasteiger partial charge < -0.3 is 0 Å². The summed E-state index contributed by atoms with van der Waals surface area (Å²) in [6, 6.07) is 3.80. The van der Waals surface area contributed by atoms with Gasteiger partial charge in [-0.05, 0) is 49.0 Å². The number of aryl methyl sites for hydroxylation is 1. The van der Waals surface area contributed by atoms with Crippen LogP contribution in [0.2, 0.25) is 5.02 Å². The normalized spacial score (nSPS) is 14.3. The first kappa shape index (κ1) is 15.2. The number of hydrogen-bond donors (Lipinski definition) is 0. The highest BCUT2D eigenvalue weighted by Crippen LogP contribution is 2.41. The Morgan fingerprint density at radius 1 is 1.28 bits per heavy atom. The van der Waals surface area contributed by atoms with E-state index in [1.54, 1.807) is 13.0 Å². The second-order valence-electron chi connectivity index (χ2n) is 4.73. The van der Waals surface area contributed by atoms with Crippen LogP contribution in [0, 0.1) is 0 Å². The monoisotopic (exact) mass is 268 g/mol. The number of rotatable bonds is 5. The van der Waals surface area contributed by atoms with Gasteiger partial charge in [0.05, 0.1) is 0 Å². The van der Waals surface area contributed by atoms with E-state index in [4.69, 9.17) is 11.6 Å². The molecule has 0 aliphatic carbocycles. The fourth-order valence-electron chi connectivity index (χ4n) is 2.41. The molecule has 1 aromatic rings. The largest absolute Gasteiger partial charge is 0.234 e. The molecule has 0 bridgehead atoms. The summed E-state index contributed by atoms with van der Waals surface area (Å²) in [4.78, 5) is 0. The Balaban J connectivity index is 3.52. The van der Waals surface area contributed by atoms with E-state index in [-0.39, 0.29) is 0 Å². The van der Waals surface area contributed by atoms with E-state index in [1.807, 2.05) is 19.9 Å². The maximum atomic E-state index is 15.1. The lowest BCUT2D eigenvalue weighted by Crippen LogP contribution is -2.21. The molecule has 1 aromatic carbocycles. The third kappa shape index (κ3) is 2.61. The highest BCUT2D eigenvalue weighted by molar-refractivity contribution is 6.31. The maximum absolute atomic E-state index is 15.1. The zero-order valence-corrected chi connectivity index (χ0v) is 12.5. The van der Waals surface area contributed by atoms with Crippen LogP contribution in [-0.2, 0) is 18.5 Å². The van der Waals surface area contributed by atoms with Gasteiger partial charge in [0, 0.05) is 10.6 Å². The minimum atomic E-state index is -1.55. The molecule has 0 amide bonds. The summed E-state index contributed by atoms with van der Waals surface area (Å²) < 4.78 is 15.1. The van der Waals surface area contributed by atoms with Crippen LogP contribution in [0.15, 0.2) is 24.3 Å². The minimum Gasteiger partial charge on any atom is -0.234 e. The van der Waals surface area contributed by atoms with Gasteiger partial charge in [-0.15, -0.1) is 0 Å². The SMILES string of the molecule is C=C(CC)C(C)(F)c1c(Cl)ccc(CC)c1CC. The third-order valence-corrected chi connectivity index (χ3v) is 3.97. The van der Waals surface area contributed by atoms with Crippen molar-refractivity contribution in [2.24, 2.45) is 0 Å². The van der Waals surface area contributed by atoms with Crippen molar-refractivity contribution in [3.8, 4) is 0 Å². The molecule has 0 heterocycles. The highest BCUT2D eigenvalue weighted by atomic mass is 35.5. The maximum Gasteiger partial charge on any atom is 0.155 e. The topological polar surface area (TPSA) is 0 Å². The van der Waals surface area contributed by atoms with E-state index in [2.05, 4.69) is 13.5 Å². The summed E-state index contributed by atoms with van der Waals surface area (Å²) in [6.07, 6.45) is 2.29. The molecule has 0 aliphatic rings. The molecule has 0 saturated carbocycles. The minimum absolute atomic E-state index is 0.503. The standard InChI is InChI=1S/C16H22ClF/c1-6-11(4)16(5,18)15-13(8-3)12(7-2)9-10-14(15)17/h9-10H,4,6-8H2,1-3,5H3. The van der Waals surface area contributed by atoms with Gasteiger partial charge in [0.15, 0.2) is 5.67 Å². The van der Waals surface area contributed by atoms with Gasteiger partial charge in [-0.1, -0.05) is 45.0 Å². The average molecular weight is 269 g/mol. The van der Waals surface area contributed by atoms with Crippen LogP contribution in [0.5, 0.6) is 0 Å². The predicted octanol–water partition coefficient (Wildman–Crippen LogP) is 5.62. The van der Waals surface area contributed by atoms with E-state index >= 15 is 4.39 Å². The van der Waals surface area contributed by atoms with Crippen molar-refractivity contribution in [1.29, 1.82) is 0 Å². The van der Waals surface area contributed by atoms with Crippen LogP contribution in [0.25, 0.3) is 0 Å². The van der Waals surface area contributed by atoms with Crippen LogP contribution in [0.3, 0.4) is 0 Å². The van der Waals surface area contributed by atoms with Crippen LogP contribution in [-0.4, -0.2) is 0 Å². The van der Waals surface area contributed by atoms with Crippen molar-refractivity contribution >= 4 is 11.6 Å². The van der Waals surface area contributed by atoms with E-state index in [1.165, 1.54) is 5.56 Å². The van der Waals surface area contributed by atoms with Crippen LogP contribution in [0.4, 0.5) is 4.39 Å². The first-order valence-electron chi connectivity index (χ1n) is 6.57. The van der Waals surface area contributed by atoms with E-state index in [0.717, 1.165) is 18.4 Å². The molecule has 0 aliphatic heterocycles. The van der Waals surface area contributed by atoms with Crippen LogP contribution >= 0.6 is 11.6 Å². The third-order valence-electron chi connectivity index (χ3n) is 3.65. The second kappa shape index (κ2) is 5.88. The summed E-state index contributed by atoms with van der Waals surface area (Å²) in [6.45, 7) is 11.5. The summed E-state index contributed by atoms with van der Waals surface area (Å²) in [5.41, 5.74) is 1.84. The summed E-state index contributed by atoms with van der Waals surface area (Å²) >= 11 is 6.24. The Labute approximate surface area is 115 Å². The molecule has 0 spiro atoms. The molecule has 18 heavy (non-hydrogen) atoms. The Morgan fingerprint density at radius 2 is 1.89 bits per heavy atom. The molecule has 2 heteroatoms. The lowest BCUT2D eigenvalue weighted by atomic mass is 9.83. The fourth-order valence-corrected chi connectivity index (χ4v) is 2.77. The molecular weight excluding hydrogens is 247 g/mol. The molecule has 100 valence electrons. The molecule has 0 aromatic heterocycles. The van der Waals surface area contributed by atoms with Gasteiger partial charge in [-0.25, -0.2) is 4.39 Å². The van der Waals surface area contributed by atoms with E-state index < -0.39 is 5.67 Å². The number of hydrogen-bond acceptors (Lipinski definition) is 0. The summed E-state index contributed by atoms with van der Waals surface area (Å²) in [7, 11) is 0. The Hall–Kier alpha value is -0.820. The highest BCUT2D eigenvalue weighted by Gasteiger charge is 2.33. The molecule has 0 radical (unpaired) electrons. The molecule has 1 atom stereocenters. The van der Waals surface area contributed by atoms with Crippen molar-refractivity contribution in [3.63, 3.8) is 0 Å². The number of allylic oxidation sites excluding steroid dienone is 1. The number of benzene rings is 1. The zero-order valence-electron chi connectivity index (χ0n) is 11.7. The first-order valence-corrected chi connectivity index (χ1v) is 6.95. The lowest BCUT2D eigenvalue weighted by Gasteiger charge is -2.28. The zero-order chi connectivity index (χ0) is 13.9. The van der Waals surface area contributed by atoms with Gasteiger partial charge in [-0.2, -0.15) is 0 Å². The van der Waals surface area contributed by atoms with E-state index in [9.17, 15) is 0 Å². The Kier molecular flexibility index (Phi) is 4.98. The first-order chi connectivity index (χ1) is 8.39. The van der Waals surface area contributed by atoms with Crippen molar-refractivity contribution < 1.29 is 4.39 Å². The van der Waals surface area contributed by atoms with Crippen molar-refractivity contribution in [2.45, 2.75) is 52.6 Å². The van der Waals surface area contributed by atoms with Gasteiger partial charge in [-0.3, -0.25) is 0 Å². The molecular formula is C16H22ClF. The Bertz CT molecular complexity index is 447. The van der Waals surface area contributed by atoms with Gasteiger partial charge >= 0.3 is 0 Å². The van der Waals surface area contributed by atoms with Crippen molar-refractivity contribution in [3.05, 3.63) is 46.0 Å². The Morgan fingerprint density at radius 3 is 2.33 bits per heavy atom. The molecule has 0 saturated heterocycles. The smallest absolute Gasteiger partial charge is 0.155 e. The number of alkyl halides is 1. The predicted molar refractivity (Wildman–Crippen MR) is 78.1 cm³/mol. The summed E-state index contributed by atoms with van der Waals surface area (Å²) in [5, 5.41) is 0.503. The number of halogens is 2. The van der Waals surface area contributed by atoms with Crippen molar-refractivity contribution in [2.75, 3.05) is 0 Å². The molecule has 0 nitrogen and oxygen atoms in total. The van der Waals surface area contributed by atoms with Crippen molar-refractivity contribution in [1.82, 2.24) is 0 Å². The molecule has 1 rings (SSSR count). The van der Waals surface area contributed by atoms with E-state index in [0.29, 0.717) is 22.6 Å². The van der Waals surface area contributed by atoms with Gasteiger partial charge in [0.1, 0.15) is 0 Å². The molecule has 1 unspecified atom stereocenters. The van der Waals surface area contributed by atoms with Crippen LogP contribution in [0.1, 0.15) is 50.8 Å². The van der Waals surface area contributed by atoms with Crippen LogP contribution < -0.4 is 0 Å². The molecule has 0 N–H and O–H groups in total. The molecule has 0 fully saturated rings. The lowest BCUT2D eigenvalue weighted by molar-refractivity contribution is 0.238. The summed E-state index contributed by atoms with van der Waals surface area (Å²) in [5.74, 6) is 0. The average Bonchev–Trinajstić information content (AvgIpc) is 2.36. The quantitative estimate of drug-likeness (QED) is 0.609. The van der Waals surface area contributed by atoms with Gasteiger partial charge in [0.2, 0.25) is 0 Å². The fraction of sp³-hybridized carbons (Fsp3) is 0.500.